The van der Waals surface area contributed by atoms with Gasteiger partial charge in [-0.25, -0.2) is 0 Å². The predicted octanol–water partition coefficient (Wildman–Crippen LogP) is 0.903. The van der Waals surface area contributed by atoms with Gasteiger partial charge < -0.3 is 15.6 Å². The average Bonchev–Trinajstić information content (AvgIpc) is 2.17. The first-order valence-corrected chi connectivity index (χ1v) is 5.12. The molecule has 0 aromatic rings. The fraction of sp³-hybridized carbons (Fsp3) is 1.00. The van der Waals surface area contributed by atoms with Crippen molar-refractivity contribution in [2.75, 3.05) is 20.3 Å². The molecule has 3 heteroatoms. The average molecular weight is 187 g/mol. The highest BCUT2D eigenvalue weighted by atomic mass is 16.5. The number of ether oxygens (including phenoxy) is 1. The van der Waals surface area contributed by atoms with Crippen molar-refractivity contribution in [3.05, 3.63) is 0 Å². The van der Waals surface area contributed by atoms with Gasteiger partial charge in [-0.15, -0.1) is 0 Å². The molecule has 0 heterocycles. The molecule has 13 heavy (non-hydrogen) atoms. The van der Waals surface area contributed by atoms with Gasteiger partial charge in [-0.2, -0.15) is 0 Å². The fourth-order valence-electron chi connectivity index (χ4n) is 2.22. The summed E-state index contributed by atoms with van der Waals surface area (Å²) in [6.07, 6.45) is 4.95. The summed E-state index contributed by atoms with van der Waals surface area (Å²) in [4.78, 5) is 0. The molecule has 0 radical (unpaired) electrons. The summed E-state index contributed by atoms with van der Waals surface area (Å²) in [6.45, 7) is 1.28. The zero-order chi connectivity index (χ0) is 9.73. The number of nitrogens with two attached hydrogens (primary N) is 1. The minimum Gasteiger partial charge on any atom is -0.392 e. The number of rotatable bonds is 4. The van der Waals surface area contributed by atoms with Gasteiger partial charge in [0, 0.05) is 25.7 Å². The van der Waals surface area contributed by atoms with Crippen molar-refractivity contribution in [1.29, 1.82) is 0 Å². The van der Waals surface area contributed by atoms with Crippen molar-refractivity contribution in [3.8, 4) is 0 Å². The van der Waals surface area contributed by atoms with Crippen LogP contribution in [0, 0.1) is 5.41 Å². The Morgan fingerprint density at radius 3 is 2.85 bits per heavy atom. The van der Waals surface area contributed by atoms with Crippen LogP contribution in [-0.2, 0) is 4.74 Å². The van der Waals surface area contributed by atoms with Gasteiger partial charge in [-0.05, 0) is 19.3 Å². The van der Waals surface area contributed by atoms with Crippen LogP contribution in [0.1, 0.15) is 32.1 Å². The summed E-state index contributed by atoms with van der Waals surface area (Å²) in [6, 6.07) is 0. The van der Waals surface area contributed by atoms with Gasteiger partial charge in [0.05, 0.1) is 6.10 Å². The Bertz CT molecular complexity index is 152. The molecule has 1 aliphatic rings. The van der Waals surface area contributed by atoms with Crippen molar-refractivity contribution in [2.24, 2.45) is 11.1 Å². The van der Waals surface area contributed by atoms with Gasteiger partial charge in [-0.1, -0.05) is 12.8 Å². The van der Waals surface area contributed by atoms with E-state index in [1.807, 2.05) is 0 Å². The molecule has 3 nitrogen and oxygen atoms in total. The van der Waals surface area contributed by atoms with E-state index in [0.717, 1.165) is 25.7 Å². The van der Waals surface area contributed by atoms with Crippen molar-refractivity contribution in [1.82, 2.24) is 0 Å². The predicted molar refractivity (Wildman–Crippen MR) is 52.5 cm³/mol. The largest absolute Gasteiger partial charge is 0.392 e. The molecule has 0 spiro atoms. The van der Waals surface area contributed by atoms with Gasteiger partial charge in [0.15, 0.2) is 0 Å². The van der Waals surface area contributed by atoms with Crippen LogP contribution >= 0.6 is 0 Å². The zero-order valence-corrected chi connectivity index (χ0v) is 8.46. The molecule has 0 aliphatic heterocycles. The number of aliphatic hydroxyl groups excluding tert-OH is 1. The third-order valence-electron chi connectivity index (χ3n) is 3.32. The van der Waals surface area contributed by atoms with Crippen LogP contribution in [0.2, 0.25) is 0 Å². The summed E-state index contributed by atoms with van der Waals surface area (Å²) in [5.41, 5.74) is 5.69. The quantitative estimate of drug-likeness (QED) is 0.687. The topological polar surface area (TPSA) is 55.5 Å². The second-order valence-corrected chi connectivity index (χ2v) is 4.07. The van der Waals surface area contributed by atoms with E-state index < -0.39 is 0 Å². The van der Waals surface area contributed by atoms with E-state index in [0.29, 0.717) is 13.2 Å². The zero-order valence-electron chi connectivity index (χ0n) is 8.46. The molecule has 2 atom stereocenters. The van der Waals surface area contributed by atoms with Crippen molar-refractivity contribution < 1.29 is 9.84 Å². The van der Waals surface area contributed by atoms with Gasteiger partial charge in [-0.3, -0.25) is 0 Å². The molecule has 2 unspecified atom stereocenters. The van der Waals surface area contributed by atoms with E-state index >= 15 is 0 Å². The Morgan fingerprint density at radius 2 is 2.31 bits per heavy atom. The van der Waals surface area contributed by atoms with Crippen LogP contribution in [0.3, 0.4) is 0 Å². The Labute approximate surface area is 80.3 Å². The fourth-order valence-corrected chi connectivity index (χ4v) is 2.22. The molecule has 78 valence electrons. The van der Waals surface area contributed by atoms with Gasteiger partial charge in [0.2, 0.25) is 0 Å². The van der Waals surface area contributed by atoms with E-state index in [-0.39, 0.29) is 11.5 Å². The molecule has 1 fully saturated rings. The first kappa shape index (κ1) is 11.0. The SMILES string of the molecule is COCCC1(CN)CCCCC1O. The lowest BCUT2D eigenvalue weighted by Crippen LogP contribution is -2.44. The Balaban J connectivity index is 2.53. The number of methoxy groups -OCH3 is 1. The van der Waals surface area contributed by atoms with Crippen molar-refractivity contribution >= 4 is 0 Å². The molecule has 0 aromatic carbocycles. The van der Waals surface area contributed by atoms with Crippen molar-refractivity contribution in [3.63, 3.8) is 0 Å². The van der Waals surface area contributed by atoms with Crippen LogP contribution in [0.15, 0.2) is 0 Å². The summed E-state index contributed by atoms with van der Waals surface area (Å²) < 4.78 is 5.05. The molecule has 0 aromatic heterocycles. The maximum atomic E-state index is 9.91. The van der Waals surface area contributed by atoms with Crippen LogP contribution in [0.4, 0.5) is 0 Å². The Kier molecular flexibility index (Phi) is 4.16. The monoisotopic (exact) mass is 187 g/mol. The molecule has 0 saturated heterocycles. The molecular weight excluding hydrogens is 166 g/mol. The normalized spacial score (nSPS) is 34.8. The molecule has 1 aliphatic carbocycles. The molecule has 0 amide bonds. The smallest absolute Gasteiger partial charge is 0.0609 e. The van der Waals surface area contributed by atoms with E-state index in [2.05, 4.69) is 0 Å². The summed E-state index contributed by atoms with van der Waals surface area (Å²) in [5.74, 6) is 0. The Morgan fingerprint density at radius 1 is 1.54 bits per heavy atom. The van der Waals surface area contributed by atoms with Crippen LogP contribution in [0.5, 0.6) is 0 Å². The highest BCUT2D eigenvalue weighted by Gasteiger charge is 2.38. The van der Waals surface area contributed by atoms with E-state index in [9.17, 15) is 5.11 Å². The standard InChI is InChI=1S/C10H21NO2/c1-13-7-6-10(8-11)5-3-2-4-9(10)12/h9,12H,2-8,11H2,1H3. The van der Waals surface area contributed by atoms with Crippen LogP contribution in [-0.4, -0.2) is 31.5 Å². The van der Waals surface area contributed by atoms with Gasteiger partial charge in [0.1, 0.15) is 0 Å². The molecule has 1 saturated carbocycles. The highest BCUT2D eigenvalue weighted by molar-refractivity contribution is 4.90. The second kappa shape index (κ2) is 4.94. The third-order valence-corrected chi connectivity index (χ3v) is 3.32. The summed E-state index contributed by atoms with van der Waals surface area (Å²) in [7, 11) is 1.69. The molecule has 0 bridgehead atoms. The minimum absolute atomic E-state index is 0.0612. The first-order valence-electron chi connectivity index (χ1n) is 5.12. The number of aliphatic hydroxyl groups is 1. The van der Waals surface area contributed by atoms with Gasteiger partial charge in [0.25, 0.3) is 0 Å². The maximum absolute atomic E-state index is 9.91. The maximum Gasteiger partial charge on any atom is 0.0609 e. The number of hydrogen-bond donors (Lipinski definition) is 2. The molecule has 3 N–H and O–H groups in total. The van der Waals surface area contributed by atoms with E-state index in [1.165, 1.54) is 6.42 Å². The Hall–Kier alpha value is -0.120. The molecular formula is C10H21NO2. The van der Waals surface area contributed by atoms with Crippen LogP contribution in [0.25, 0.3) is 0 Å². The van der Waals surface area contributed by atoms with Crippen molar-refractivity contribution in [2.45, 2.75) is 38.2 Å². The van der Waals surface area contributed by atoms with Gasteiger partial charge >= 0.3 is 0 Å². The lowest BCUT2D eigenvalue weighted by atomic mass is 9.70. The second-order valence-electron chi connectivity index (χ2n) is 4.07. The highest BCUT2D eigenvalue weighted by Crippen LogP contribution is 2.38. The molecule has 1 rings (SSSR count). The van der Waals surface area contributed by atoms with E-state index in [1.54, 1.807) is 7.11 Å². The minimum atomic E-state index is -0.221. The first-order chi connectivity index (χ1) is 6.25. The number of hydrogen-bond acceptors (Lipinski definition) is 3. The third kappa shape index (κ3) is 2.42. The summed E-state index contributed by atoms with van der Waals surface area (Å²) in [5, 5.41) is 9.91. The lowest BCUT2D eigenvalue weighted by Gasteiger charge is -2.40. The van der Waals surface area contributed by atoms with Crippen LogP contribution < -0.4 is 5.73 Å². The van der Waals surface area contributed by atoms with E-state index in [4.69, 9.17) is 10.5 Å². The summed E-state index contributed by atoms with van der Waals surface area (Å²) >= 11 is 0. The lowest BCUT2D eigenvalue weighted by molar-refractivity contribution is -0.0250.